The number of benzene rings is 1. The molecule has 1 unspecified atom stereocenters. The van der Waals surface area contributed by atoms with Gasteiger partial charge in [0.05, 0.1) is 19.3 Å². The minimum absolute atomic E-state index is 0.0307. The summed E-state index contributed by atoms with van der Waals surface area (Å²) in [5.41, 5.74) is -0.0623. The molecule has 1 heterocycles. The summed E-state index contributed by atoms with van der Waals surface area (Å²) in [5.74, 6) is 0.0182. The molecule has 0 aliphatic heterocycles. The maximum Gasteiger partial charge on any atom is 0.433 e. The molecule has 27 heavy (non-hydrogen) atoms. The van der Waals surface area contributed by atoms with Crippen molar-refractivity contribution in [3.63, 3.8) is 0 Å². The molecule has 0 radical (unpaired) electrons. The van der Waals surface area contributed by atoms with Crippen LogP contribution in [0, 0.1) is 0 Å². The number of hydrogen-bond acceptors (Lipinski definition) is 6. The van der Waals surface area contributed by atoms with Crippen LogP contribution in [0.25, 0.3) is 0 Å². The van der Waals surface area contributed by atoms with Crippen LogP contribution in [-0.2, 0) is 17.5 Å². The summed E-state index contributed by atoms with van der Waals surface area (Å²) in [6, 6.07) is 10.4. The predicted octanol–water partition coefficient (Wildman–Crippen LogP) is 2.58. The summed E-state index contributed by atoms with van der Waals surface area (Å²) >= 11 is 0. The SMILES string of the molecule is CN(C)c1cc(C(F)(F)F)nc(N(C)CC(O)COCc2ccccc2)n1. The van der Waals surface area contributed by atoms with Crippen LogP contribution in [0.5, 0.6) is 0 Å². The average molecular weight is 384 g/mol. The largest absolute Gasteiger partial charge is 0.433 e. The Hall–Kier alpha value is -2.39. The highest BCUT2D eigenvalue weighted by Gasteiger charge is 2.34. The molecule has 9 heteroatoms. The number of hydrogen-bond donors (Lipinski definition) is 1. The van der Waals surface area contributed by atoms with E-state index in [9.17, 15) is 18.3 Å². The number of rotatable bonds is 8. The number of anilines is 2. The van der Waals surface area contributed by atoms with Crippen LogP contribution in [0.1, 0.15) is 11.3 Å². The van der Waals surface area contributed by atoms with Crippen LogP contribution in [0.2, 0.25) is 0 Å². The lowest BCUT2D eigenvalue weighted by Gasteiger charge is -2.23. The Kier molecular flexibility index (Phi) is 6.98. The zero-order valence-corrected chi connectivity index (χ0v) is 15.4. The van der Waals surface area contributed by atoms with Gasteiger partial charge >= 0.3 is 6.18 Å². The first-order valence-corrected chi connectivity index (χ1v) is 8.31. The molecule has 0 spiro atoms. The van der Waals surface area contributed by atoms with Gasteiger partial charge in [0.2, 0.25) is 5.95 Å². The van der Waals surface area contributed by atoms with Crippen LogP contribution in [0.15, 0.2) is 36.4 Å². The lowest BCUT2D eigenvalue weighted by Crippen LogP contribution is -2.34. The molecule has 6 nitrogen and oxygen atoms in total. The van der Waals surface area contributed by atoms with E-state index in [1.165, 1.54) is 16.8 Å². The first-order chi connectivity index (χ1) is 12.7. The molecule has 1 atom stereocenters. The van der Waals surface area contributed by atoms with E-state index in [-0.39, 0.29) is 24.9 Å². The smallest absolute Gasteiger partial charge is 0.389 e. The molecule has 1 N–H and O–H groups in total. The number of aliphatic hydroxyl groups excluding tert-OH is 1. The first kappa shape index (κ1) is 20.9. The minimum atomic E-state index is -4.58. The van der Waals surface area contributed by atoms with Gasteiger partial charge in [0.1, 0.15) is 5.82 Å². The third-order valence-corrected chi connectivity index (χ3v) is 3.70. The third-order valence-electron chi connectivity index (χ3n) is 3.70. The summed E-state index contributed by atoms with van der Waals surface area (Å²) in [5, 5.41) is 10.1. The normalized spacial score (nSPS) is 12.7. The van der Waals surface area contributed by atoms with E-state index < -0.39 is 18.0 Å². The van der Waals surface area contributed by atoms with E-state index >= 15 is 0 Å². The number of aromatic nitrogens is 2. The monoisotopic (exact) mass is 384 g/mol. The van der Waals surface area contributed by atoms with Gasteiger partial charge in [-0.2, -0.15) is 18.2 Å². The van der Waals surface area contributed by atoms with Gasteiger partial charge in [-0.1, -0.05) is 30.3 Å². The van der Waals surface area contributed by atoms with Crippen molar-refractivity contribution in [3.05, 3.63) is 47.7 Å². The van der Waals surface area contributed by atoms with Crippen LogP contribution in [0.4, 0.5) is 24.9 Å². The van der Waals surface area contributed by atoms with Gasteiger partial charge in [0.15, 0.2) is 5.69 Å². The van der Waals surface area contributed by atoms with Gasteiger partial charge in [-0.05, 0) is 5.56 Å². The van der Waals surface area contributed by atoms with Gasteiger partial charge in [-0.25, -0.2) is 4.98 Å². The number of alkyl halides is 3. The molecular weight excluding hydrogens is 361 g/mol. The summed E-state index contributed by atoms with van der Waals surface area (Å²) in [6.45, 7) is 0.411. The van der Waals surface area contributed by atoms with Gasteiger partial charge in [0.25, 0.3) is 0 Å². The van der Waals surface area contributed by atoms with Crippen molar-refractivity contribution in [2.75, 3.05) is 44.1 Å². The van der Waals surface area contributed by atoms with Crippen LogP contribution >= 0.6 is 0 Å². The lowest BCUT2D eigenvalue weighted by molar-refractivity contribution is -0.141. The van der Waals surface area contributed by atoms with E-state index in [4.69, 9.17) is 4.74 Å². The topological polar surface area (TPSA) is 61.7 Å². The molecule has 0 aliphatic carbocycles. The lowest BCUT2D eigenvalue weighted by atomic mass is 10.2. The van der Waals surface area contributed by atoms with E-state index in [1.807, 2.05) is 30.3 Å². The first-order valence-electron chi connectivity index (χ1n) is 8.31. The fourth-order valence-electron chi connectivity index (χ4n) is 2.30. The number of aliphatic hydroxyl groups is 1. The molecule has 148 valence electrons. The molecule has 2 rings (SSSR count). The quantitative estimate of drug-likeness (QED) is 0.755. The Morgan fingerprint density at radius 2 is 1.78 bits per heavy atom. The van der Waals surface area contributed by atoms with Crippen molar-refractivity contribution in [3.8, 4) is 0 Å². The second kappa shape index (κ2) is 9.01. The Bertz CT molecular complexity index is 726. The highest BCUT2D eigenvalue weighted by atomic mass is 19.4. The highest BCUT2D eigenvalue weighted by Crippen LogP contribution is 2.30. The van der Waals surface area contributed by atoms with Crippen molar-refractivity contribution >= 4 is 11.8 Å². The van der Waals surface area contributed by atoms with E-state index in [0.29, 0.717) is 6.61 Å². The Morgan fingerprint density at radius 1 is 1.11 bits per heavy atom. The summed E-state index contributed by atoms with van der Waals surface area (Å²) in [7, 11) is 4.71. The summed E-state index contributed by atoms with van der Waals surface area (Å²) in [6.07, 6.45) is -5.49. The zero-order chi connectivity index (χ0) is 20.0. The van der Waals surface area contributed by atoms with Gasteiger partial charge in [-0.3, -0.25) is 0 Å². The zero-order valence-electron chi connectivity index (χ0n) is 15.4. The number of ether oxygens (including phenoxy) is 1. The standard InChI is InChI=1S/C18H23F3N4O2/c1-24(2)16-9-15(18(19,20)21)22-17(23-16)25(3)10-14(26)12-27-11-13-7-5-4-6-8-13/h4-9,14,26H,10-12H2,1-3H3. The molecule has 0 amide bonds. The minimum Gasteiger partial charge on any atom is -0.389 e. The maximum absolute atomic E-state index is 13.1. The van der Waals surface area contributed by atoms with Crippen molar-refractivity contribution < 1.29 is 23.0 Å². The Morgan fingerprint density at radius 3 is 2.37 bits per heavy atom. The fraction of sp³-hybridized carbons (Fsp3) is 0.444. The Balaban J connectivity index is 1.99. The van der Waals surface area contributed by atoms with Crippen molar-refractivity contribution in [2.45, 2.75) is 18.9 Å². The second-order valence-corrected chi connectivity index (χ2v) is 6.34. The average Bonchev–Trinajstić information content (AvgIpc) is 2.61. The molecule has 0 fully saturated rings. The highest BCUT2D eigenvalue weighted by molar-refractivity contribution is 5.45. The molecule has 0 saturated carbocycles. The van der Waals surface area contributed by atoms with E-state index in [0.717, 1.165) is 11.6 Å². The number of halogens is 3. The molecule has 2 aromatic rings. The van der Waals surface area contributed by atoms with E-state index in [1.54, 1.807) is 14.1 Å². The fourth-order valence-corrected chi connectivity index (χ4v) is 2.30. The van der Waals surface area contributed by atoms with Crippen LogP contribution in [-0.4, -0.2) is 55.5 Å². The van der Waals surface area contributed by atoms with Crippen LogP contribution < -0.4 is 9.80 Å². The van der Waals surface area contributed by atoms with Crippen molar-refractivity contribution in [1.29, 1.82) is 0 Å². The molecule has 1 aromatic carbocycles. The Labute approximate surface area is 156 Å². The second-order valence-electron chi connectivity index (χ2n) is 6.34. The van der Waals surface area contributed by atoms with E-state index in [2.05, 4.69) is 9.97 Å². The van der Waals surface area contributed by atoms with Gasteiger partial charge in [0, 0.05) is 33.8 Å². The predicted molar refractivity (Wildman–Crippen MR) is 96.7 cm³/mol. The van der Waals surface area contributed by atoms with Crippen LogP contribution in [0.3, 0.4) is 0 Å². The number of nitrogens with zero attached hydrogens (tertiary/aromatic N) is 4. The molecule has 0 aliphatic rings. The summed E-state index contributed by atoms with van der Waals surface area (Å²) < 4.78 is 44.7. The molecule has 0 bridgehead atoms. The van der Waals surface area contributed by atoms with Crippen molar-refractivity contribution in [2.24, 2.45) is 0 Å². The number of likely N-dealkylation sites (N-methyl/N-ethyl adjacent to an activating group) is 1. The third kappa shape index (κ3) is 6.37. The van der Waals surface area contributed by atoms with Crippen molar-refractivity contribution in [1.82, 2.24) is 9.97 Å². The molecule has 0 saturated heterocycles. The van der Waals surface area contributed by atoms with Gasteiger partial charge in [-0.15, -0.1) is 0 Å². The molecular formula is C18H23F3N4O2. The molecule has 1 aromatic heterocycles. The van der Waals surface area contributed by atoms with Gasteiger partial charge < -0.3 is 19.6 Å². The summed E-state index contributed by atoms with van der Waals surface area (Å²) in [4.78, 5) is 10.5. The maximum atomic E-state index is 13.1.